The number of nitrogens with two attached hydrogens (primary N) is 1. The van der Waals surface area contributed by atoms with E-state index in [0.29, 0.717) is 16.8 Å². The van der Waals surface area contributed by atoms with Gasteiger partial charge >= 0.3 is 0 Å². The van der Waals surface area contributed by atoms with Crippen molar-refractivity contribution in [3.63, 3.8) is 0 Å². The first-order chi connectivity index (χ1) is 18.4. The summed E-state index contributed by atoms with van der Waals surface area (Å²) in [6, 6.07) is 16.3. The third kappa shape index (κ3) is 6.70. The molecule has 0 aliphatic heterocycles. The molecule has 8 heteroatoms. The number of carbonyl (C=O) groups is 1. The molecule has 0 fully saturated rings. The summed E-state index contributed by atoms with van der Waals surface area (Å²) >= 11 is 0. The molecular weight excluding hydrogens is 491 g/mol. The number of rotatable bonds is 8. The number of hydrogen-bond acceptors (Lipinski definition) is 6. The normalized spacial score (nSPS) is 11.7. The molecule has 39 heavy (non-hydrogen) atoms. The number of nitrogen functional groups attached to an aromatic ring is 1. The van der Waals surface area contributed by atoms with Crippen molar-refractivity contribution < 1.29 is 9.18 Å². The standard InChI is InChI=1S/C31H37FN6O/c1-31(2,3)23-10-13-28(38(6)15-7-14-37(4)5)27(18-23)35-29(39)24-17-21(8-11-25(24)32)20-9-12-26-22(16-20)19-34-30(33)36-26/h8-13,16-19H,7,14-15H2,1-6H3,(H,35,39)(H2,33,34,36). The Balaban J connectivity index is 1.66. The second-order valence-electron chi connectivity index (χ2n) is 11.2. The van der Waals surface area contributed by atoms with Crippen LogP contribution in [0.5, 0.6) is 0 Å². The average molecular weight is 529 g/mol. The molecule has 0 spiro atoms. The Hall–Kier alpha value is -4.04. The summed E-state index contributed by atoms with van der Waals surface area (Å²) in [5.41, 5.74) is 10.4. The molecule has 0 atom stereocenters. The lowest BCUT2D eigenvalue weighted by molar-refractivity contribution is 0.102. The first-order valence-corrected chi connectivity index (χ1v) is 13.1. The van der Waals surface area contributed by atoms with Crippen LogP contribution in [0.15, 0.2) is 60.8 Å². The molecular formula is C31H37FN6O. The average Bonchev–Trinajstić information content (AvgIpc) is 2.87. The van der Waals surface area contributed by atoms with Crippen LogP contribution in [0, 0.1) is 5.82 Å². The van der Waals surface area contributed by atoms with Crippen molar-refractivity contribution in [2.24, 2.45) is 0 Å². The smallest absolute Gasteiger partial charge is 0.258 e. The third-order valence-electron chi connectivity index (χ3n) is 6.76. The van der Waals surface area contributed by atoms with Gasteiger partial charge < -0.3 is 20.9 Å². The number of aromatic nitrogens is 2. The van der Waals surface area contributed by atoms with E-state index in [-0.39, 0.29) is 16.9 Å². The zero-order valence-corrected chi connectivity index (χ0v) is 23.5. The lowest BCUT2D eigenvalue weighted by Gasteiger charge is -2.26. The van der Waals surface area contributed by atoms with Crippen molar-refractivity contribution in [2.45, 2.75) is 32.6 Å². The summed E-state index contributed by atoms with van der Waals surface area (Å²) in [5, 5.41) is 3.81. The Labute approximate surface area is 229 Å². The highest BCUT2D eigenvalue weighted by atomic mass is 19.1. The Morgan fingerprint density at radius 3 is 2.41 bits per heavy atom. The van der Waals surface area contributed by atoms with Crippen molar-refractivity contribution in [1.29, 1.82) is 0 Å². The Bertz CT molecular complexity index is 1490. The number of halogens is 1. The van der Waals surface area contributed by atoms with Gasteiger partial charge in [-0.3, -0.25) is 4.79 Å². The van der Waals surface area contributed by atoms with Gasteiger partial charge in [-0.25, -0.2) is 14.4 Å². The maximum atomic E-state index is 15.0. The van der Waals surface area contributed by atoms with E-state index in [0.717, 1.165) is 41.7 Å². The van der Waals surface area contributed by atoms with E-state index in [1.165, 1.54) is 6.07 Å². The zero-order valence-electron chi connectivity index (χ0n) is 23.5. The van der Waals surface area contributed by atoms with E-state index in [1.807, 2.05) is 51.5 Å². The van der Waals surface area contributed by atoms with E-state index < -0.39 is 11.7 Å². The number of benzene rings is 3. The van der Waals surface area contributed by atoms with E-state index in [4.69, 9.17) is 5.73 Å². The first kappa shape index (κ1) is 28.0. The molecule has 4 rings (SSSR count). The summed E-state index contributed by atoms with van der Waals surface area (Å²) in [5.74, 6) is -0.879. The second-order valence-corrected chi connectivity index (χ2v) is 11.2. The topological polar surface area (TPSA) is 87.4 Å². The molecule has 3 aromatic carbocycles. The maximum Gasteiger partial charge on any atom is 0.258 e. The van der Waals surface area contributed by atoms with E-state index in [1.54, 1.807) is 18.3 Å². The molecule has 0 bridgehead atoms. The highest BCUT2D eigenvalue weighted by Gasteiger charge is 2.20. The molecule has 0 aliphatic carbocycles. The predicted molar refractivity (Wildman–Crippen MR) is 159 cm³/mol. The summed E-state index contributed by atoms with van der Waals surface area (Å²) in [7, 11) is 6.11. The Morgan fingerprint density at radius 2 is 1.69 bits per heavy atom. The van der Waals surface area contributed by atoms with Gasteiger partial charge in [-0.2, -0.15) is 0 Å². The molecule has 0 radical (unpaired) electrons. The first-order valence-electron chi connectivity index (χ1n) is 13.1. The van der Waals surface area contributed by atoms with E-state index in [2.05, 4.69) is 51.9 Å². The molecule has 0 aliphatic rings. The number of anilines is 3. The Morgan fingerprint density at radius 1 is 0.974 bits per heavy atom. The van der Waals surface area contributed by atoms with Crippen molar-refractivity contribution in [2.75, 3.05) is 50.2 Å². The van der Waals surface area contributed by atoms with Crippen LogP contribution in [0.4, 0.5) is 21.7 Å². The number of nitrogens with one attached hydrogen (secondary N) is 1. The minimum absolute atomic E-state index is 0.0245. The fourth-order valence-corrected chi connectivity index (χ4v) is 4.48. The van der Waals surface area contributed by atoms with Gasteiger partial charge in [0.1, 0.15) is 5.82 Å². The van der Waals surface area contributed by atoms with Crippen LogP contribution < -0.4 is 16.0 Å². The summed E-state index contributed by atoms with van der Waals surface area (Å²) in [4.78, 5) is 26.1. The summed E-state index contributed by atoms with van der Waals surface area (Å²) in [6.07, 6.45) is 2.62. The van der Waals surface area contributed by atoms with Gasteiger partial charge in [0.15, 0.2) is 0 Å². The molecule has 1 amide bonds. The monoisotopic (exact) mass is 528 g/mol. The molecule has 4 aromatic rings. The van der Waals surface area contributed by atoms with Crippen LogP contribution in [-0.4, -0.2) is 55.0 Å². The van der Waals surface area contributed by atoms with Gasteiger partial charge in [0.05, 0.1) is 22.5 Å². The summed E-state index contributed by atoms with van der Waals surface area (Å²) in [6.45, 7) is 8.15. The van der Waals surface area contributed by atoms with Gasteiger partial charge in [0.2, 0.25) is 5.95 Å². The molecule has 204 valence electrons. The largest absolute Gasteiger partial charge is 0.373 e. The van der Waals surface area contributed by atoms with Crippen molar-refractivity contribution in [1.82, 2.24) is 14.9 Å². The highest BCUT2D eigenvalue weighted by Crippen LogP contribution is 2.33. The minimum Gasteiger partial charge on any atom is -0.373 e. The van der Waals surface area contributed by atoms with E-state index in [9.17, 15) is 9.18 Å². The molecule has 7 nitrogen and oxygen atoms in total. The van der Waals surface area contributed by atoms with Crippen molar-refractivity contribution >= 4 is 34.1 Å². The van der Waals surface area contributed by atoms with Crippen molar-refractivity contribution in [3.8, 4) is 11.1 Å². The minimum atomic E-state index is -0.582. The van der Waals surface area contributed by atoms with Crippen LogP contribution in [0.1, 0.15) is 43.1 Å². The number of carbonyl (C=O) groups excluding carboxylic acids is 1. The van der Waals surface area contributed by atoms with Gasteiger partial charge in [0.25, 0.3) is 5.91 Å². The fourth-order valence-electron chi connectivity index (χ4n) is 4.48. The molecule has 3 N–H and O–H groups in total. The fraction of sp³-hybridized carbons (Fsp3) is 0.323. The quantitative estimate of drug-likeness (QED) is 0.294. The number of hydrogen-bond donors (Lipinski definition) is 2. The number of amides is 1. The van der Waals surface area contributed by atoms with Gasteiger partial charge in [-0.1, -0.05) is 39.0 Å². The van der Waals surface area contributed by atoms with Crippen LogP contribution in [0.3, 0.4) is 0 Å². The third-order valence-corrected chi connectivity index (χ3v) is 6.76. The maximum absolute atomic E-state index is 15.0. The zero-order chi connectivity index (χ0) is 28.3. The molecule has 0 saturated carbocycles. The molecule has 0 saturated heterocycles. The van der Waals surface area contributed by atoms with Crippen LogP contribution >= 0.6 is 0 Å². The van der Waals surface area contributed by atoms with Gasteiger partial charge in [0, 0.05) is 25.2 Å². The van der Waals surface area contributed by atoms with Gasteiger partial charge in [-0.05, 0) is 85.6 Å². The van der Waals surface area contributed by atoms with E-state index >= 15 is 0 Å². The van der Waals surface area contributed by atoms with Crippen molar-refractivity contribution in [3.05, 3.63) is 77.7 Å². The molecule has 0 unspecified atom stereocenters. The second kappa shape index (κ2) is 11.4. The summed E-state index contributed by atoms with van der Waals surface area (Å²) < 4.78 is 15.0. The number of nitrogens with zero attached hydrogens (tertiary/aromatic N) is 4. The predicted octanol–water partition coefficient (Wildman–Crippen LogP) is 5.96. The van der Waals surface area contributed by atoms with Crippen LogP contribution in [0.25, 0.3) is 22.0 Å². The molecule has 1 aromatic heterocycles. The van der Waals surface area contributed by atoms with Crippen LogP contribution in [0.2, 0.25) is 0 Å². The highest BCUT2D eigenvalue weighted by molar-refractivity contribution is 6.07. The lowest BCUT2D eigenvalue weighted by atomic mass is 9.86. The number of fused-ring (bicyclic) bond motifs is 1. The van der Waals surface area contributed by atoms with Gasteiger partial charge in [-0.15, -0.1) is 0 Å². The molecule has 1 heterocycles. The van der Waals surface area contributed by atoms with Crippen LogP contribution in [-0.2, 0) is 5.41 Å². The Kier molecular flexibility index (Phi) is 8.16. The lowest BCUT2D eigenvalue weighted by Crippen LogP contribution is -2.25. The SMILES string of the molecule is CN(C)CCCN(C)c1ccc(C(C)(C)C)cc1NC(=O)c1cc(-c2ccc3nc(N)ncc3c2)ccc1F.